The highest BCUT2D eigenvalue weighted by Crippen LogP contribution is 2.43. The number of aliphatic hydroxyl groups is 1. The van der Waals surface area contributed by atoms with Gasteiger partial charge in [-0.1, -0.05) is 23.2 Å². The fourth-order valence-corrected chi connectivity index (χ4v) is 5.43. The molecule has 3 N–H and O–H groups in total. The monoisotopic (exact) mass is 519 g/mol. The van der Waals surface area contributed by atoms with E-state index in [0.717, 1.165) is 27.0 Å². The summed E-state index contributed by atoms with van der Waals surface area (Å²) < 4.78 is 6.22. The van der Waals surface area contributed by atoms with Gasteiger partial charge in [0, 0.05) is 45.5 Å². The Morgan fingerprint density at radius 3 is 2.72 bits per heavy atom. The molecule has 0 bridgehead atoms. The summed E-state index contributed by atoms with van der Waals surface area (Å²) in [6, 6.07) is 10.7. The van der Waals surface area contributed by atoms with E-state index in [1.165, 1.54) is 12.6 Å². The Bertz CT molecular complexity index is 1580. The molecular weight excluding hydrogens is 501 g/mol. The first-order chi connectivity index (χ1) is 17.3. The summed E-state index contributed by atoms with van der Waals surface area (Å²) in [5, 5.41) is 25.9. The maximum absolute atomic E-state index is 13.4. The summed E-state index contributed by atoms with van der Waals surface area (Å²) in [6.45, 7) is 0. The van der Waals surface area contributed by atoms with Crippen LogP contribution in [0.2, 0.25) is 10.2 Å². The summed E-state index contributed by atoms with van der Waals surface area (Å²) in [4.78, 5) is 12.6. The van der Waals surface area contributed by atoms with E-state index >= 15 is 0 Å². The summed E-state index contributed by atoms with van der Waals surface area (Å²) in [6.07, 6.45) is 7.25. The molecule has 2 aliphatic rings. The number of aryl methyl sites for hydroxylation is 1. The van der Waals surface area contributed by atoms with Gasteiger partial charge in [-0.2, -0.15) is 4.73 Å². The van der Waals surface area contributed by atoms with Crippen LogP contribution in [0.5, 0.6) is 0 Å². The number of nitrogens with zero attached hydrogens (tertiary/aromatic N) is 4. The number of allylic oxidation sites excluding steroid dienone is 1. The number of aliphatic imine (C=N–C) groups is 1. The van der Waals surface area contributed by atoms with Crippen LogP contribution in [0.4, 0.5) is 5.82 Å². The van der Waals surface area contributed by atoms with Gasteiger partial charge in [0.1, 0.15) is 11.0 Å². The van der Waals surface area contributed by atoms with Gasteiger partial charge in [0.05, 0.1) is 11.9 Å². The predicted octanol–water partition coefficient (Wildman–Crippen LogP) is 4.95. The number of hydrogen-bond donors (Lipinski definition) is 2. The van der Waals surface area contributed by atoms with Gasteiger partial charge in [-0.25, -0.2) is 9.97 Å². The number of pyridine rings is 2. The van der Waals surface area contributed by atoms with Crippen LogP contribution in [0.15, 0.2) is 70.8 Å². The lowest BCUT2D eigenvalue weighted by molar-refractivity contribution is -0.619. The number of hydrogen-bond acceptors (Lipinski definition) is 7. The number of benzene rings is 1. The number of rotatable bonds is 4. The zero-order valence-corrected chi connectivity index (χ0v) is 20.3. The highest BCUT2D eigenvalue weighted by molar-refractivity contribution is 6.31. The fourth-order valence-electron chi connectivity index (χ4n) is 4.98. The maximum Gasteiger partial charge on any atom is 0.233 e. The molecule has 4 aromatic rings. The van der Waals surface area contributed by atoms with Crippen molar-refractivity contribution in [3.63, 3.8) is 0 Å². The summed E-state index contributed by atoms with van der Waals surface area (Å²) >= 11 is 12.6. The Morgan fingerprint density at radius 2 is 1.94 bits per heavy atom. The molecule has 1 aromatic carbocycles. The average molecular weight is 520 g/mol. The molecule has 6 rings (SSSR count). The Kier molecular flexibility index (Phi) is 5.33. The average Bonchev–Trinajstić information content (AvgIpc) is 3.60. The summed E-state index contributed by atoms with van der Waals surface area (Å²) in [5.74, 6) is 0.882. The van der Waals surface area contributed by atoms with E-state index in [0.29, 0.717) is 52.7 Å². The summed E-state index contributed by atoms with van der Waals surface area (Å²) in [7, 11) is 0. The predicted molar refractivity (Wildman–Crippen MR) is 137 cm³/mol. The fraction of sp³-hybridized carbons (Fsp3) is 0.154. The van der Waals surface area contributed by atoms with Crippen molar-refractivity contribution in [3.05, 3.63) is 93.6 Å². The second kappa shape index (κ2) is 8.44. The molecule has 180 valence electrons. The van der Waals surface area contributed by atoms with Crippen LogP contribution >= 0.6 is 23.2 Å². The van der Waals surface area contributed by atoms with Crippen molar-refractivity contribution < 1.29 is 14.3 Å². The first-order valence-electron chi connectivity index (χ1n) is 11.2. The minimum atomic E-state index is -1.50. The van der Waals surface area contributed by atoms with Crippen molar-refractivity contribution >= 4 is 40.3 Å². The standard InChI is InChI=1S/C26H19Cl2N5O3/c27-17-1-2-19(21-11-30-13-36-21)20(9-17)16-7-14-5-6-26(34,24(14)33(35)12-16)22-8-15(10-31-22)18-3-4-23(29)32-25(18)28/h1-4,7,9-13,34H,5-6,8H2,(H2,29,32)/t26-/m1/s1. The quantitative estimate of drug-likeness (QED) is 0.223. The molecule has 4 heterocycles. The molecule has 0 saturated carbocycles. The lowest BCUT2D eigenvalue weighted by Gasteiger charge is -2.23. The van der Waals surface area contributed by atoms with Gasteiger partial charge in [0.15, 0.2) is 24.0 Å². The van der Waals surface area contributed by atoms with Gasteiger partial charge in [0.25, 0.3) is 0 Å². The van der Waals surface area contributed by atoms with Crippen molar-refractivity contribution in [2.75, 3.05) is 5.73 Å². The Labute approximate surface area is 216 Å². The largest absolute Gasteiger partial charge is 0.618 e. The molecule has 10 heteroatoms. The van der Waals surface area contributed by atoms with Gasteiger partial charge in [-0.15, -0.1) is 0 Å². The van der Waals surface area contributed by atoms with Gasteiger partial charge < -0.3 is 20.5 Å². The maximum atomic E-state index is 13.4. The van der Waals surface area contributed by atoms with Gasteiger partial charge in [0.2, 0.25) is 5.69 Å². The van der Waals surface area contributed by atoms with Crippen LogP contribution in [0, 0.1) is 5.21 Å². The number of aromatic nitrogens is 3. The van der Waals surface area contributed by atoms with Crippen molar-refractivity contribution in [1.29, 1.82) is 0 Å². The highest BCUT2D eigenvalue weighted by atomic mass is 35.5. The zero-order chi connectivity index (χ0) is 25.0. The van der Waals surface area contributed by atoms with E-state index in [-0.39, 0.29) is 10.8 Å². The second-order valence-corrected chi connectivity index (χ2v) is 9.62. The molecule has 0 saturated heterocycles. The van der Waals surface area contributed by atoms with E-state index in [9.17, 15) is 10.3 Å². The third-order valence-corrected chi connectivity index (χ3v) is 7.20. The van der Waals surface area contributed by atoms with E-state index in [4.69, 9.17) is 33.4 Å². The van der Waals surface area contributed by atoms with E-state index in [1.807, 2.05) is 12.1 Å². The molecule has 0 amide bonds. The lowest BCUT2D eigenvalue weighted by atomic mass is 9.89. The van der Waals surface area contributed by atoms with Gasteiger partial charge >= 0.3 is 0 Å². The molecule has 8 nitrogen and oxygen atoms in total. The van der Waals surface area contributed by atoms with E-state index in [2.05, 4.69) is 15.0 Å². The molecular formula is C26H19Cl2N5O3. The molecule has 0 fully saturated rings. The van der Waals surface area contributed by atoms with Crippen LogP contribution in [0.25, 0.3) is 28.0 Å². The number of anilines is 1. The zero-order valence-electron chi connectivity index (χ0n) is 18.8. The van der Waals surface area contributed by atoms with Crippen LogP contribution in [0.3, 0.4) is 0 Å². The molecule has 1 atom stereocenters. The topological polar surface area (TPSA) is 124 Å². The first-order valence-corrected chi connectivity index (χ1v) is 12.0. The molecule has 0 unspecified atom stereocenters. The highest BCUT2D eigenvalue weighted by Gasteiger charge is 2.49. The molecule has 0 radical (unpaired) electrons. The SMILES string of the molecule is Nc1ccc(C2=CN=C([C@]3(O)CCc4cc(-c5cc(Cl)ccc5-c5cnco5)c[n+]([O-])c43)C2)c(Cl)n1. The van der Waals surface area contributed by atoms with Crippen LogP contribution in [-0.2, 0) is 12.0 Å². The Morgan fingerprint density at radius 1 is 1.11 bits per heavy atom. The molecule has 36 heavy (non-hydrogen) atoms. The molecule has 0 spiro atoms. The molecule has 1 aliphatic heterocycles. The number of halogens is 2. The van der Waals surface area contributed by atoms with Crippen LogP contribution in [-0.4, -0.2) is 20.8 Å². The smallest absolute Gasteiger partial charge is 0.233 e. The van der Waals surface area contributed by atoms with E-state index in [1.54, 1.807) is 36.7 Å². The number of nitrogens with two attached hydrogens (primary N) is 1. The number of fused-ring (bicyclic) bond motifs is 1. The van der Waals surface area contributed by atoms with Crippen molar-refractivity contribution in [2.45, 2.75) is 24.9 Å². The van der Waals surface area contributed by atoms with Crippen LogP contribution in [0.1, 0.15) is 29.7 Å². The molecule has 1 aliphatic carbocycles. The normalized spacial score (nSPS) is 18.8. The van der Waals surface area contributed by atoms with Crippen molar-refractivity contribution in [1.82, 2.24) is 9.97 Å². The summed E-state index contributed by atoms with van der Waals surface area (Å²) in [5.41, 5.74) is 9.37. The lowest BCUT2D eigenvalue weighted by Crippen LogP contribution is -2.45. The number of oxazole rings is 1. The third-order valence-electron chi connectivity index (χ3n) is 6.68. The van der Waals surface area contributed by atoms with Gasteiger partial charge in [-0.3, -0.25) is 4.99 Å². The molecule has 3 aromatic heterocycles. The minimum Gasteiger partial charge on any atom is -0.618 e. The second-order valence-electron chi connectivity index (χ2n) is 8.83. The van der Waals surface area contributed by atoms with Crippen molar-refractivity contribution in [2.24, 2.45) is 4.99 Å². The Hall–Kier alpha value is -3.72. The third kappa shape index (κ3) is 3.65. The van der Waals surface area contributed by atoms with E-state index < -0.39 is 5.60 Å². The number of nitrogen functional groups attached to an aromatic ring is 1. The Balaban J connectivity index is 1.36. The first kappa shape index (κ1) is 22.7. The van der Waals surface area contributed by atoms with Crippen LogP contribution < -0.4 is 10.5 Å². The minimum absolute atomic E-state index is 0.268. The van der Waals surface area contributed by atoms with Crippen molar-refractivity contribution in [3.8, 4) is 22.5 Å². The van der Waals surface area contributed by atoms with Gasteiger partial charge in [-0.05, 0) is 54.8 Å².